The summed E-state index contributed by atoms with van der Waals surface area (Å²) in [6.45, 7) is 14.7. The minimum Gasteiger partial charge on any atom is -0.103 e. The van der Waals surface area contributed by atoms with Gasteiger partial charge in [0.05, 0.1) is 0 Å². The van der Waals surface area contributed by atoms with E-state index >= 15 is 0 Å². The van der Waals surface area contributed by atoms with Gasteiger partial charge < -0.3 is 0 Å². The third-order valence-corrected chi connectivity index (χ3v) is 2.20. The summed E-state index contributed by atoms with van der Waals surface area (Å²) in [7, 11) is 0. The molecule has 0 spiro atoms. The largest absolute Gasteiger partial charge is 0.103 e. The normalized spacial score (nSPS) is 12.9. The van der Waals surface area contributed by atoms with Crippen molar-refractivity contribution >= 4 is 0 Å². The monoisotopic (exact) mass is 180 g/mol. The lowest BCUT2D eigenvalue weighted by molar-refractivity contribution is 0.509. The van der Waals surface area contributed by atoms with Crippen LogP contribution in [0.3, 0.4) is 0 Å². The SMILES string of the molecule is C=CCCC(C)CC(=C)CC(C)C. The van der Waals surface area contributed by atoms with Crippen LogP contribution < -0.4 is 0 Å². The van der Waals surface area contributed by atoms with Crippen molar-refractivity contribution < 1.29 is 0 Å². The fraction of sp³-hybridized carbons (Fsp3) is 0.692. The predicted molar refractivity (Wildman–Crippen MR) is 61.8 cm³/mol. The maximum atomic E-state index is 4.12. The third kappa shape index (κ3) is 7.83. The molecule has 0 saturated carbocycles. The van der Waals surface area contributed by atoms with Crippen LogP contribution in [-0.2, 0) is 0 Å². The molecular weight excluding hydrogens is 156 g/mol. The standard InChI is InChI=1S/C13H24/c1-6-7-8-12(4)10-13(5)9-11(2)3/h6,11-12H,1,5,7-10H2,2-4H3. The molecular formula is C13H24. The van der Waals surface area contributed by atoms with E-state index in [1.165, 1.54) is 24.8 Å². The van der Waals surface area contributed by atoms with Gasteiger partial charge in [-0.2, -0.15) is 0 Å². The summed E-state index contributed by atoms with van der Waals surface area (Å²) in [4.78, 5) is 0. The van der Waals surface area contributed by atoms with Crippen LogP contribution >= 0.6 is 0 Å². The summed E-state index contributed by atoms with van der Waals surface area (Å²) in [5, 5.41) is 0. The molecule has 1 atom stereocenters. The molecule has 0 aromatic rings. The van der Waals surface area contributed by atoms with Gasteiger partial charge in [0.1, 0.15) is 0 Å². The Morgan fingerprint density at radius 3 is 2.31 bits per heavy atom. The van der Waals surface area contributed by atoms with Crippen molar-refractivity contribution in [3.8, 4) is 0 Å². The van der Waals surface area contributed by atoms with E-state index in [4.69, 9.17) is 0 Å². The van der Waals surface area contributed by atoms with Crippen LogP contribution in [0.1, 0.15) is 46.5 Å². The molecule has 0 fully saturated rings. The average molecular weight is 180 g/mol. The second kappa shape index (κ2) is 6.94. The van der Waals surface area contributed by atoms with Crippen LogP contribution in [0.4, 0.5) is 0 Å². The summed E-state index contributed by atoms with van der Waals surface area (Å²) in [5.41, 5.74) is 1.41. The number of allylic oxidation sites excluding steroid dienone is 2. The highest BCUT2D eigenvalue weighted by molar-refractivity contribution is 4.96. The van der Waals surface area contributed by atoms with Crippen LogP contribution in [0.15, 0.2) is 24.8 Å². The molecule has 0 radical (unpaired) electrons. The minimum absolute atomic E-state index is 0.749. The zero-order valence-electron chi connectivity index (χ0n) is 9.47. The molecule has 0 aromatic heterocycles. The first-order chi connectivity index (χ1) is 6.06. The highest BCUT2D eigenvalue weighted by Crippen LogP contribution is 2.20. The van der Waals surface area contributed by atoms with Crippen LogP contribution in [-0.4, -0.2) is 0 Å². The molecule has 0 heteroatoms. The zero-order chi connectivity index (χ0) is 10.3. The van der Waals surface area contributed by atoms with Gasteiger partial charge in [0.25, 0.3) is 0 Å². The fourth-order valence-electron chi connectivity index (χ4n) is 1.66. The van der Waals surface area contributed by atoms with E-state index < -0.39 is 0 Å². The van der Waals surface area contributed by atoms with E-state index in [0.29, 0.717) is 0 Å². The molecule has 0 rings (SSSR count). The lowest BCUT2D eigenvalue weighted by Gasteiger charge is -2.13. The maximum Gasteiger partial charge on any atom is -0.0297 e. The Hall–Kier alpha value is -0.520. The quantitative estimate of drug-likeness (QED) is 0.503. The van der Waals surface area contributed by atoms with Gasteiger partial charge in [-0.3, -0.25) is 0 Å². The Labute approximate surface area is 83.7 Å². The summed E-state index contributed by atoms with van der Waals surface area (Å²) in [6, 6.07) is 0. The first kappa shape index (κ1) is 12.5. The lowest BCUT2D eigenvalue weighted by atomic mass is 9.93. The third-order valence-electron chi connectivity index (χ3n) is 2.20. The Kier molecular flexibility index (Phi) is 6.66. The molecule has 1 unspecified atom stereocenters. The molecule has 0 heterocycles. The number of rotatable bonds is 7. The molecule has 0 amide bonds. The van der Waals surface area contributed by atoms with E-state index in [0.717, 1.165) is 18.3 Å². The van der Waals surface area contributed by atoms with Gasteiger partial charge >= 0.3 is 0 Å². The molecule has 0 bridgehead atoms. The fourth-order valence-corrected chi connectivity index (χ4v) is 1.66. The Morgan fingerprint density at radius 1 is 1.23 bits per heavy atom. The highest BCUT2D eigenvalue weighted by Gasteiger charge is 2.05. The smallest absolute Gasteiger partial charge is 0.0297 e. The molecule has 0 aliphatic rings. The first-order valence-corrected chi connectivity index (χ1v) is 5.33. The Balaban J connectivity index is 3.58. The van der Waals surface area contributed by atoms with Crippen LogP contribution in [0.5, 0.6) is 0 Å². The minimum atomic E-state index is 0.749. The topological polar surface area (TPSA) is 0 Å². The van der Waals surface area contributed by atoms with Crippen LogP contribution in [0.25, 0.3) is 0 Å². The van der Waals surface area contributed by atoms with Crippen LogP contribution in [0, 0.1) is 11.8 Å². The molecule has 0 aliphatic carbocycles. The van der Waals surface area contributed by atoms with Crippen molar-refractivity contribution in [3.63, 3.8) is 0 Å². The second-order valence-electron chi connectivity index (χ2n) is 4.52. The van der Waals surface area contributed by atoms with E-state index in [9.17, 15) is 0 Å². The van der Waals surface area contributed by atoms with Crippen molar-refractivity contribution in [3.05, 3.63) is 24.8 Å². The zero-order valence-corrected chi connectivity index (χ0v) is 9.47. The summed E-state index contributed by atoms with van der Waals surface area (Å²) in [6.07, 6.45) is 6.75. The number of hydrogen-bond donors (Lipinski definition) is 0. The van der Waals surface area contributed by atoms with Gasteiger partial charge in [-0.1, -0.05) is 39.0 Å². The Bertz CT molecular complexity index is 153. The highest BCUT2D eigenvalue weighted by atomic mass is 14.1. The lowest BCUT2D eigenvalue weighted by Crippen LogP contribution is -1.98. The molecule has 76 valence electrons. The van der Waals surface area contributed by atoms with Crippen LogP contribution in [0.2, 0.25) is 0 Å². The average Bonchev–Trinajstić information content (AvgIpc) is 1.98. The van der Waals surface area contributed by atoms with Crippen molar-refractivity contribution in [1.29, 1.82) is 0 Å². The van der Waals surface area contributed by atoms with Gasteiger partial charge in [0.2, 0.25) is 0 Å². The predicted octanol–water partition coefficient (Wildman–Crippen LogP) is 4.58. The summed E-state index contributed by atoms with van der Waals surface area (Å²) >= 11 is 0. The van der Waals surface area contributed by atoms with Gasteiger partial charge in [0.15, 0.2) is 0 Å². The molecule has 0 saturated heterocycles. The summed E-state index contributed by atoms with van der Waals surface area (Å²) in [5.74, 6) is 1.52. The molecule has 0 aromatic carbocycles. The van der Waals surface area contributed by atoms with Crippen molar-refractivity contribution in [1.82, 2.24) is 0 Å². The van der Waals surface area contributed by atoms with E-state index in [1.54, 1.807) is 0 Å². The van der Waals surface area contributed by atoms with E-state index in [-0.39, 0.29) is 0 Å². The van der Waals surface area contributed by atoms with E-state index in [1.807, 2.05) is 6.08 Å². The maximum absolute atomic E-state index is 4.12. The first-order valence-electron chi connectivity index (χ1n) is 5.33. The second-order valence-corrected chi connectivity index (χ2v) is 4.52. The van der Waals surface area contributed by atoms with Gasteiger partial charge in [0, 0.05) is 0 Å². The van der Waals surface area contributed by atoms with Crippen molar-refractivity contribution in [2.24, 2.45) is 11.8 Å². The molecule has 0 nitrogen and oxygen atoms in total. The molecule has 0 aliphatic heterocycles. The summed E-state index contributed by atoms with van der Waals surface area (Å²) < 4.78 is 0. The number of hydrogen-bond acceptors (Lipinski definition) is 0. The van der Waals surface area contributed by atoms with Gasteiger partial charge in [-0.05, 0) is 37.5 Å². The van der Waals surface area contributed by atoms with E-state index in [2.05, 4.69) is 33.9 Å². The molecule has 13 heavy (non-hydrogen) atoms. The van der Waals surface area contributed by atoms with Crippen molar-refractivity contribution in [2.75, 3.05) is 0 Å². The molecule has 0 N–H and O–H groups in total. The van der Waals surface area contributed by atoms with Gasteiger partial charge in [-0.25, -0.2) is 0 Å². The van der Waals surface area contributed by atoms with Crippen molar-refractivity contribution in [2.45, 2.75) is 46.5 Å². The van der Waals surface area contributed by atoms with Gasteiger partial charge in [-0.15, -0.1) is 6.58 Å². The Morgan fingerprint density at radius 2 is 1.85 bits per heavy atom.